The third-order valence-electron chi connectivity index (χ3n) is 3.54. The number of carbonyl (C=O) groups excluding carboxylic acids is 1. The molecule has 128 valence electrons. The molecule has 0 bridgehead atoms. The molecule has 0 heterocycles. The molecular formula is C18H21ClN2O3. The minimum absolute atomic E-state index is 0.110. The van der Waals surface area contributed by atoms with Crippen molar-refractivity contribution in [3.63, 3.8) is 0 Å². The predicted molar refractivity (Wildman–Crippen MR) is 97.5 cm³/mol. The molecule has 0 fully saturated rings. The summed E-state index contributed by atoms with van der Waals surface area (Å²) in [6.45, 7) is 2.48. The molecule has 2 rings (SSSR count). The Balaban J connectivity index is 1.91. The average Bonchev–Trinajstić information content (AvgIpc) is 2.56. The van der Waals surface area contributed by atoms with Crippen LogP contribution in [0, 0.1) is 6.92 Å². The SMILES string of the molecule is COc1ccc(OC)c(NC(=O)CCNc2ccc(Cl)cc2C)c1. The van der Waals surface area contributed by atoms with E-state index in [2.05, 4.69) is 10.6 Å². The van der Waals surface area contributed by atoms with Gasteiger partial charge in [0.1, 0.15) is 11.5 Å². The van der Waals surface area contributed by atoms with E-state index in [1.165, 1.54) is 0 Å². The first kappa shape index (κ1) is 17.9. The summed E-state index contributed by atoms with van der Waals surface area (Å²) in [6, 6.07) is 10.9. The standard InChI is InChI=1S/C18H21ClN2O3/c1-12-10-13(19)4-6-15(12)20-9-8-18(22)21-16-11-14(23-2)5-7-17(16)24-3/h4-7,10-11,20H,8-9H2,1-3H3,(H,21,22). The van der Waals surface area contributed by atoms with Gasteiger partial charge in [-0.25, -0.2) is 0 Å². The zero-order valence-corrected chi connectivity index (χ0v) is 14.7. The molecule has 0 saturated heterocycles. The first-order chi connectivity index (χ1) is 11.5. The molecule has 2 N–H and O–H groups in total. The molecule has 0 aromatic heterocycles. The Labute approximate surface area is 146 Å². The Morgan fingerprint density at radius 2 is 1.88 bits per heavy atom. The Hall–Kier alpha value is -2.40. The van der Waals surface area contributed by atoms with Crippen LogP contribution in [-0.2, 0) is 4.79 Å². The maximum absolute atomic E-state index is 12.1. The van der Waals surface area contributed by atoms with Crippen LogP contribution < -0.4 is 20.1 Å². The molecule has 24 heavy (non-hydrogen) atoms. The van der Waals surface area contributed by atoms with Crippen molar-refractivity contribution in [1.29, 1.82) is 0 Å². The molecule has 0 unspecified atom stereocenters. The molecule has 0 radical (unpaired) electrons. The fraction of sp³-hybridized carbons (Fsp3) is 0.278. The Bertz CT molecular complexity index is 719. The van der Waals surface area contributed by atoms with Crippen LogP contribution in [0.3, 0.4) is 0 Å². The predicted octanol–water partition coefficient (Wildman–Crippen LogP) is 4.11. The highest BCUT2D eigenvalue weighted by Gasteiger charge is 2.09. The van der Waals surface area contributed by atoms with E-state index >= 15 is 0 Å². The topological polar surface area (TPSA) is 59.6 Å². The number of rotatable bonds is 7. The van der Waals surface area contributed by atoms with Crippen molar-refractivity contribution in [3.8, 4) is 11.5 Å². The molecule has 6 heteroatoms. The van der Waals surface area contributed by atoms with Crippen molar-refractivity contribution in [2.75, 3.05) is 31.4 Å². The lowest BCUT2D eigenvalue weighted by molar-refractivity contribution is -0.116. The Morgan fingerprint density at radius 3 is 2.54 bits per heavy atom. The number of carbonyl (C=O) groups is 1. The van der Waals surface area contributed by atoms with Gasteiger partial charge in [-0.1, -0.05) is 11.6 Å². The highest BCUT2D eigenvalue weighted by atomic mass is 35.5. The van der Waals surface area contributed by atoms with E-state index in [-0.39, 0.29) is 5.91 Å². The highest BCUT2D eigenvalue weighted by molar-refractivity contribution is 6.30. The summed E-state index contributed by atoms with van der Waals surface area (Å²) in [6.07, 6.45) is 0.322. The smallest absolute Gasteiger partial charge is 0.226 e. The van der Waals surface area contributed by atoms with Crippen molar-refractivity contribution >= 4 is 28.9 Å². The van der Waals surface area contributed by atoms with Crippen molar-refractivity contribution in [3.05, 3.63) is 47.0 Å². The van der Waals surface area contributed by atoms with Gasteiger partial charge in [0.05, 0.1) is 19.9 Å². The minimum atomic E-state index is -0.110. The van der Waals surface area contributed by atoms with Gasteiger partial charge in [-0.15, -0.1) is 0 Å². The number of methoxy groups -OCH3 is 2. The third kappa shape index (κ3) is 4.80. The molecule has 0 aliphatic heterocycles. The molecule has 2 aromatic rings. The third-order valence-corrected chi connectivity index (χ3v) is 3.77. The summed E-state index contributed by atoms with van der Waals surface area (Å²) in [4.78, 5) is 12.1. The van der Waals surface area contributed by atoms with Crippen LogP contribution in [-0.4, -0.2) is 26.7 Å². The van der Waals surface area contributed by atoms with Crippen LogP contribution in [0.2, 0.25) is 5.02 Å². The molecule has 0 aliphatic rings. The Kier molecular flexibility index (Phi) is 6.32. The number of amides is 1. The summed E-state index contributed by atoms with van der Waals surface area (Å²) < 4.78 is 10.4. The van der Waals surface area contributed by atoms with Gasteiger partial charge in [-0.05, 0) is 42.8 Å². The zero-order valence-electron chi connectivity index (χ0n) is 14.0. The molecule has 0 atom stereocenters. The Morgan fingerprint density at radius 1 is 1.08 bits per heavy atom. The van der Waals surface area contributed by atoms with E-state index in [0.29, 0.717) is 35.2 Å². The fourth-order valence-corrected chi connectivity index (χ4v) is 2.49. The van der Waals surface area contributed by atoms with E-state index in [1.54, 1.807) is 32.4 Å². The quantitative estimate of drug-likeness (QED) is 0.790. The number of hydrogen-bond donors (Lipinski definition) is 2. The van der Waals surface area contributed by atoms with Crippen LogP contribution in [0.1, 0.15) is 12.0 Å². The number of halogens is 1. The van der Waals surface area contributed by atoms with E-state index in [1.807, 2.05) is 25.1 Å². The number of ether oxygens (including phenoxy) is 2. The summed E-state index contributed by atoms with van der Waals surface area (Å²) in [5.41, 5.74) is 2.59. The lowest BCUT2D eigenvalue weighted by Crippen LogP contribution is -2.17. The van der Waals surface area contributed by atoms with Crippen molar-refractivity contribution in [1.82, 2.24) is 0 Å². The number of aryl methyl sites for hydroxylation is 1. The van der Waals surface area contributed by atoms with Crippen molar-refractivity contribution < 1.29 is 14.3 Å². The largest absolute Gasteiger partial charge is 0.497 e. The van der Waals surface area contributed by atoms with Crippen LogP contribution in [0.5, 0.6) is 11.5 Å². The average molecular weight is 349 g/mol. The molecule has 5 nitrogen and oxygen atoms in total. The van der Waals surface area contributed by atoms with Crippen LogP contribution in [0.4, 0.5) is 11.4 Å². The minimum Gasteiger partial charge on any atom is -0.497 e. The molecule has 0 spiro atoms. The van der Waals surface area contributed by atoms with Crippen molar-refractivity contribution in [2.45, 2.75) is 13.3 Å². The second kappa shape index (κ2) is 8.45. The molecular weight excluding hydrogens is 328 g/mol. The molecule has 0 aliphatic carbocycles. The second-order valence-corrected chi connectivity index (χ2v) is 5.69. The number of benzene rings is 2. The fourth-order valence-electron chi connectivity index (χ4n) is 2.26. The van der Waals surface area contributed by atoms with E-state index in [4.69, 9.17) is 21.1 Å². The maximum Gasteiger partial charge on any atom is 0.226 e. The monoisotopic (exact) mass is 348 g/mol. The van der Waals surface area contributed by atoms with Gasteiger partial charge in [0.25, 0.3) is 0 Å². The van der Waals surface area contributed by atoms with Crippen molar-refractivity contribution in [2.24, 2.45) is 0 Å². The van der Waals surface area contributed by atoms with Gasteiger partial charge >= 0.3 is 0 Å². The van der Waals surface area contributed by atoms with E-state index in [0.717, 1.165) is 11.3 Å². The van der Waals surface area contributed by atoms with Gasteiger partial charge in [0.15, 0.2) is 0 Å². The van der Waals surface area contributed by atoms with Gasteiger partial charge in [-0.2, -0.15) is 0 Å². The molecule has 0 saturated carbocycles. The van der Waals surface area contributed by atoms with Crippen LogP contribution in [0.15, 0.2) is 36.4 Å². The van der Waals surface area contributed by atoms with Gasteiger partial charge in [0.2, 0.25) is 5.91 Å². The van der Waals surface area contributed by atoms with Crippen LogP contribution in [0.25, 0.3) is 0 Å². The summed E-state index contributed by atoms with van der Waals surface area (Å²) in [5.74, 6) is 1.13. The normalized spacial score (nSPS) is 10.2. The van der Waals surface area contributed by atoms with Crippen LogP contribution >= 0.6 is 11.6 Å². The second-order valence-electron chi connectivity index (χ2n) is 5.25. The van der Waals surface area contributed by atoms with E-state index < -0.39 is 0 Å². The summed E-state index contributed by atoms with van der Waals surface area (Å²) >= 11 is 5.93. The summed E-state index contributed by atoms with van der Waals surface area (Å²) in [7, 11) is 3.13. The van der Waals surface area contributed by atoms with Gasteiger partial charge in [0, 0.05) is 29.7 Å². The van der Waals surface area contributed by atoms with Gasteiger partial charge in [-0.3, -0.25) is 4.79 Å². The number of hydrogen-bond acceptors (Lipinski definition) is 4. The van der Waals surface area contributed by atoms with E-state index in [9.17, 15) is 4.79 Å². The maximum atomic E-state index is 12.1. The first-order valence-corrected chi connectivity index (χ1v) is 7.93. The number of anilines is 2. The van der Waals surface area contributed by atoms with Gasteiger partial charge < -0.3 is 20.1 Å². The first-order valence-electron chi connectivity index (χ1n) is 7.55. The number of nitrogens with one attached hydrogen (secondary N) is 2. The summed E-state index contributed by atoms with van der Waals surface area (Å²) in [5, 5.41) is 6.77. The zero-order chi connectivity index (χ0) is 17.5. The lowest BCUT2D eigenvalue weighted by atomic mass is 10.2. The lowest BCUT2D eigenvalue weighted by Gasteiger charge is -2.13. The highest BCUT2D eigenvalue weighted by Crippen LogP contribution is 2.29. The molecule has 2 aromatic carbocycles. The molecule has 1 amide bonds.